The molecular formula is C14H22N2OS. The van der Waals surface area contributed by atoms with E-state index in [0.717, 1.165) is 26.2 Å². The Hall–Kier alpha value is -0.420. The molecule has 2 unspecified atom stereocenters. The van der Waals surface area contributed by atoms with Crippen molar-refractivity contribution in [1.82, 2.24) is 10.2 Å². The first-order chi connectivity index (χ1) is 8.83. The van der Waals surface area contributed by atoms with Crippen LogP contribution in [0.15, 0.2) is 11.4 Å². The van der Waals surface area contributed by atoms with Crippen LogP contribution in [-0.4, -0.2) is 43.3 Å². The minimum atomic E-state index is 0.375. The topological polar surface area (TPSA) is 24.5 Å². The number of aryl methyl sites for hydroxylation is 1. The molecule has 18 heavy (non-hydrogen) atoms. The van der Waals surface area contributed by atoms with Crippen LogP contribution in [0.5, 0.6) is 0 Å². The predicted molar refractivity (Wildman–Crippen MR) is 75.1 cm³/mol. The minimum absolute atomic E-state index is 0.375. The quantitative estimate of drug-likeness (QED) is 0.902. The van der Waals surface area contributed by atoms with Gasteiger partial charge < -0.3 is 10.1 Å². The summed E-state index contributed by atoms with van der Waals surface area (Å²) in [5, 5.41) is 5.70. The highest BCUT2D eigenvalue weighted by Crippen LogP contribution is 2.22. The van der Waals surface area contributed by atoms with Gasteiger partial charge in [-0.25, -0.2) is 0 Å². The van der Waals surface area contributed by atoms with E-state index in [0.29, 0.717) is 12.1 Å². The van der Waals surface area contributed by atoms with Crippen LogP contribution in [0.1, 0.15) is 23.3 Å². The van der Waals surface area contributed by atoms with Gasteiger partial charge in [0.25, 0.3) is 0 Å². The van der Waals surface area contributed by atoms with E-state index in [2.05, 4.69) is 28.6 Å². The van der Waals surface area contributed by atoms with Gasteiger partial charge in [-0.15, -0.1) is 11.3 Å². The zero-order valence-corrected chi connectivity index (χ0v) is 11.8. The van der Waals surface area contributed by atoms with E-state index in [1.54, 1.807) is 0 Å². The number of hydrogen-bond donors (Lipinski definition) is 1. The van der Waals surface area contributed by atoms with Crippen molar-refractivity contribution < 1.29 is 4.74 Å². The Balaban J connectivity index is 1.42. The van der Waals surface area contributed by atoms with Crippen molar-refractivity contribution in [2.45, 2.75) is 38.5 Å². The number of thiophene rings is 1. The Morgan fingerprint density at radius 1 is 1.56 bits per heavy atom. The molecule has 0 bridgehead atoms. The molecule has 100 valence electrons. The highest BCUT2D eigenvalue weighted by molar-refractivity contribution is 7.10. The van der Waals surface area contributed by atoms with Crippen LogP contribution < -0.4 is 5.32 Å². The number of nitrogens with one attached hydrogen (secondary N) is 1. The fourth-order valence-corrected chi connectivity index (χ4v) is 3.82. The first kappa shape index (κ1) is 12.6. The van der Waals surface area contributed by atoms with Gasteiger partial charge in [-0.1, -0.05) is 0 Å². The van der Waals surface area contributed by atoms with Gasteiger partial charge in [0.2, 0.25) is 0 Å². The summed E-state index contributed by atoms with van der Waals surface area (Å²) >= 11 is 1.84. The third kappa shape index (κ3) is 2.77. The first-order valence-corrected chi connectivity index (χ1v) is 7.80. The lowest BCUT2D eigenvalue weighted by Crippen LogP contribution is -2.49. The smallest absolute Gasteiger partial charge is 0.0827 e. The Kier molecular flexibility index (Phi) is 3.99. The minimum Gasteiger partial charge on any atom is -0.374 e. The first-order valence-electron chi connectivity index (χ1n) is 6.92. The second kappa shape index (κ2) is 5.70. The summed E-state index contributed by atoms with van der Waals surface area (Å²) in [6.45, 7) is 7.45. The van der Waals surface area contributed by atoms with Crippen LogP contribution in [0.4, 0.5) is 0 Å². The molecule has 2 atom stereocenters. The Labute approximate surface area is 113 Å². The van der Waals surface area contributed by atoms with Gasteiger partial charge in [-0.3, -0.25) is 4.90 Å². The number of ether oxygens (including phenoxy) is 1. The average molecular weight is 266 g/mol. The zero-order chi connectivity index (χ0) is 12.4. The van der Waals surface area contributed by atoms with Gasteiger partial charge in [0.1, 0.15) is 0 Å². The summed E-state index contributed by atoms with van der Waals surface area (Å²) in [5.74, 6) is 0. The van der Waals surface area contributed by atoms with Crippen LogP contribution in [-0.2, 0) is 11.3 Å². The van der Waals surface area contributed by atoms with Gasteiger partial charge in [0.05, 0.1) is 12.7 Å². The van der Waals surface area contributed by atoms with Gasteiger partial charge in [0, 0.05) is 30.6 Å². The maximum atomic E-state index is 5.94. The van der Waals surface area contributed by atoms with Crippen molar-refractivity contribution in [3.63, 3.8) is 0 Å². The molecular weight excluding hydrogens is 244 g/mol. The van der Waals surface area contributed by atoms with Crippen LogP contribution in [0, 0.1) is 6.92 Å². The molecule has 2 aliphatic heterocycles. The standard InChI is InChI=1S/C14H22N2OS/c1-11-4-6-18-14(11)8-15-7-13-9-16-5-2-3-12(16)10-17-13/h4,6,12-13,15H,2-3,5,7-10H2,1H3. The number of nitrogens with zero attached hydrogens (tertiary/aromatic N) is 1. The van der Waals surface area contributed by atoms with Crippen molar-refractivity contribution in [1.29, 1.82) is 0 Å². The van der Waals surface area contributed by atoms with E-state index >= 15 is 0 Å². The number of fused-ring (bicyclic) bond motifs is 1. The van der Waals surface area contributed by atoms with E-state index in [9.17, 15) is 0 Å². The lowest BCUT2D eigenvalue weighted by molar-refractivity contribution is -0.0470. The van der Waals surface area contributed by atoms with Gasteiger partial charge in [0.15, 0.2) is 0 Å². The van der Waals surface area contributed by atoms with Crippen molar-refractivity contribution in [3.8, 4) is 0 Å². The highest BCUT2D eigenvalue weighted by Gasteiger charge is 2.31. The van der Waals surface area contributed by atoms with Crippen molar-refractivity contribution >= 4 is 11.3 Å². The number of morpholine rings is 1. The molecule has 0 amide bonds. The van der Waals surface area contributed by atoms with E-state index < -0.39 is 0 Å². The summed E-state index contributed by atoms with van der Waals surface area (Å²) < 4.78 is 5.94. The van der Waals surface area contributed by atoms with E-state index in [4.69, 9.17) is 4.74 Å². The van der Waals surface area contributed by atoms with Crippen LogP contribution in [0.2, 0.25) is 0 Å². The Morgan fingerprint density at radius 2 is 2.50 bits per heavy atom. The molecule has 0 radical (unpaired) electrons. The second-order valence-electron chi connectivity index (χ2n) is 5.40. The molecule has 4 heteroatoms. The Morgan fingerprint density at radius 3 is 3.33 bits per heavy atom. The molecule has 0 spiro atoms. The fourth-order valence-electron chi connectivity index (χ4n) is 2.94. The largest absolute Gasteiger partial charge is 0.374 e. The van der Waals surface area contributed by atoms with E-state index in [1.807, 2.05) is 11.3 Å². The summed E-state index contributed by atoms with van der Waals surface area (Å²) in [4.78, 5) is 4.05. The maximum absolute atomic E-state index is 5.94. The lowest BCUT2D eigenvalue weighted by atomic mass is 10.2. The molecule has 1 N–H and O–H groups in total. The van der Waals surface area contributed by atoms with E-state index in [-0.39, 0.29) is 0 Å². The molecule has 1 aromatic rings. The maximum Gasteiger partial charge on any atom is 0.0827 e. The lowest BCUT2D eigenvalue weighted by Gasteiger charge is -2.35. The number of rotatable bonds is 4. The molecule has 2 saturated heterocycles. The highest BCUT2D eigenvalue weighted by atomic mass is 32.1. The van der Waals surface area contributed by atoms with Crippen LogP contribution in [0.25, 0.3) is 0 Å². The summed E-state index contributed by atoms with van der Waals surface area (Å²) in [5.41, 5.74) is 1.40. The number of hydrogen-bond acceptors (Lipinski definition) is 4. The van der Waals surface area contributed by atoms with E-state index in [1.165, 1.54) is 29.8 Å². The fraction of sp³-hybridized carbons (Fsp3) is 0.714. The summed E-state index contributed by atoms with van der Waals surface area (Å²) in [6, 6.07) is 2.90. The van der Waals surface area contributed by atoms with Crippen LogP contribution in [0.3, 0.4) is 0 Å². The van der Waals surface area contributed by atoms with Crippen LogP contribution >= 0.6 is 11.3 Å². The third-order valence-corrected chi connectivity index (χ3v) is 5.11. The van der Waals surface area contributed by atoms with Gasteiger partial charge >= 0.3 is 0 Å². The Bertz CT molecular complexity index is 393. The molecule has 0 saturated carbocycles. The molecule has 3 nitrogen and oxygen atoms in total. The molecule has 1 aromatic heterocycles. The summed E-state index contributed by atoms with van der Waals surface area (Å²) in [7, 11) is 0. The molecule has 0 aromatic carbocycles. The molecule has 2 fully saturated rings. The average Bonchev–Trinajstić information content (AvgIpc) is 2.98. The predicted octanol–water partition coefficient (Wildman–Crippen LogP) is 2.01. The molecule has 3 heterocycles. The van der Waals surface area contributed by atoms with Crippen molar-refractivity contribution in [3.05, 3.63) is 21.9 Å². The molecule has 0 aliphatic carbocycles. The van der Waals surface area contributed by atoms with Crippen molar-refractivity contribution in [2.24, 2.45) is 0 Å². The van der Waals surface area contributed by atoms with Crippen molar-refractivity contribution in [2.75, 3.05) is 26.2 Å². The zero-order valence-electron chi connectivity index (χ0n) is 11.0. The SMILES string of the molecule is Cc1ccsc1CNCC1CN2CCCC2CO1. The second-order valence-corrected chi connectivity index (χ2v) is 6.40. The molecule has 3 rings (SSSR count). The third-order valence-electron chi connectivity index (χ3n) is 4.09. The summed E-state index contributed by atoms with van der Waals surface area (Å²) in [6.07, 6.45) is 3.05. The van der Waals surface area contributed by atoms with Gasteiger partial charge in [-0.05, 0) is 43.3 Å². The van der Waals surface area contributed by atoms with Gasteiger partial charge in [-0.2, -0.15) is 0 Å². The normalized spacial score (nSPS) is 28.5. The monoisotopic (exact) mass is 266 g/mol. The molecule has 2 aliphatic rings.